The van der Waals surface area contributed by atoms with Crippen LogP contribution in [0.15, 0.2) is 12.1 Å². The highest BCUT2D eigenvalue weighted by molar-refractivity contribution is 5.95. The van der Waals surface area contributed by atoms with E-state index >= 15 is 0 Å². The summed E-state index contributed by atoms with van der Waals surface area (Å²) in [5.41, 5.74) is 0.214. The van der Waals surface area contributed by atoms with Gasteiger partial charge in [0.15, 0.2) is 11.5 Å². The summed E-state index contributed by atoms with van der Waals surface area (Å²) in [4.78, 5) is 27.0. The van der Waals surface area contributed by atoms with E-state index in [1.54, 1.807) is 12.1 Å². The van der Waals surface area contributed by atoms with E-state index in [-0.39, 0.29) is 11.6 Å². The minimum absolute atomic E-state index is 0.214. The van der Waals surface area contributed by atoms with Gasteiger partial charge in [-0.2, -0.15) is 0 Å². The second-order valence-corrected chi connectivity index (χ2v) is 5.47. The smallest absolute Gasteiger partial charge is 0.326 e. The first-order valence-corrected chi connectivity index (χ1v) is 7.29. The molecule has 0 radical (unpaired) electrons. The third-order valence-corrected chi connectivity index (χ3v) is 4.10. The summed E-state index contributed by atoms with van der Waals surface area (Å²) >= 11 is 0. The zero-order chi connectivity index (χ0) is 14.8. The molecule has 1 atom stereocenters. The molecule has 0 aromatic carbocycles. The SMILES string of the molecule is O=C(O)[C@@H]1CCCN1C(=O)c1ccc(N2CCCC2)nn1. The van der Waals surface area contributed by atoms with E-state index in [0.717, 1.165) is 31.7 Å². The predicted molar refractivity (Wildman–Crippen MR) is 75.2 cm³/mol. The first-order valence-electron chi connectivity index (χ1n) is 7.29. The Balaban J connectivity index is 1.74. The van der Waals surface area contributed by atoms with Crippen LogP contribution in [0.3, 0.4) is 0 Å². The van der Waals surface area contributed by atoms with Crippen molar-refractivity contribution < 1.29 is 14.7 Å². The Hall–Kier alpha value is -2.18. The second kappa shape index (κ2) is 5.67. The quantitative estimate of drug-likeness (QED) is 0.884. The molecular formula is C14H18N4O3. The van der Waals surface area contributed by atoms with Crippen molar-refractivity contribution in [2.24, 2.45) is 0 Å². The lowest BCUT2D eigenvalue weighted by Gasteiger charge is -2.21. The Morgan fingerprint density at radius 1 is 1.10 bits per heavy atom. The number of likely N-dealkylation sites (tertiary alicyclic amines) is 1. The number of aliphatic carboxylic acids is 1. The van der Waals surface area contributed by atoms with Crippen molar-refractivity contribution in [3.8, 4) is 0 Å². The van der Waals surface area contributed by atoms with E-state index in [2.05, 4.69) is 15.1 Å². The summed E-state index contributed by atoms with van der Waals surface area (Å²) in [7, 11) is 0. The summed E-state index contributed by atoms with van der Waals surface area (Å²) in [6.07, 6.45) is 3.51. The fourth-order valence-electron chi connectivity index (χ4n) is 2.97. The molecule has 0 saturated carbocycles. The van der Waals surface area contributed by atoms with Gasteiger partial charge in [0, 0.05) is 19.6 Å². The molecule has 2 saturated heterocycles. The van der Waals surface area contributed by atoms with Crippen molar-refractivity contribution in [3.63, 3.8) is 0 Å². The molecule has 2 aliphatic rings. The molecular weight excluding hydrogens is 272 g/mol. The molecule has 0 aliphatic carbocycles. The van der Waals surface area contributed by atoms with Gasteiger partial charge in [0.05, 0.1) is 0 Å². The first kappa shape index (κ1) is 13.8. The number of amides is 1. The maximum absolute atomic E-state index is 12.3. The molecule has 0 spiro atoms. The number of hydrogen-bond donors (Lipinski definition) is 1. The average Bonchev–Trinajstić information content (AvgIpc) is 3.18. The van der Waals surface area contributed by atoms with Gasteiger partial charge in [0.25, 0.3) is 5.91 Å². The molecule has 1 aromatic heterocycles. The van der Waals surface area contributed by atoms with E-state index < -0.39 is 12.0 Å². The molecule has 1 N–H and O–H groups in total. The minimum atomic E-state index is -0.956. The third kappa shape index (κ3) is 2.68. The fraction of sp³-hybridized carbons (Fsp3) is 0.571. The number of carbonyl (C=O) groups excluding carboxylic acids is 1. The van der Waals surface area contributed by atoms with Crippen molar-refractivity contribution in [1.82, 2.24) is 15.1 Å². The van der Waals surface area contributed by atoms with E-state index in [1.165, 1.54) is 4.90 Å². The molecule has 2 fully saturated rings. The Labute approximate surface area is 122 Å². The maximum Gasteiger partial charge on any atom is 0.326 e. The van der Waals surface area contributed by atoms with E-state index in [1.807, 2.05) is 0 Å². The van der Waals surface area contributed by atoms with Crippen LogP contribution in [0, 0.1) is 0 Å². The Kier molecular flexibility index (Phi) is 3.72. The van der Waals surface area contributed by atoms with Crippen molar-refractivity contribution in [2.45, 2.75) is 31.7 Å². The van der Waals surface area contributed by atoms with Crippen LogP contribution < -0.4 is 4.90 Å². The number of carboxylic acids is 1. The molecule has 1 aromatic rings. The highest BCUT2D eigenvalue weighted by Gasteiger charge is 2.35. The second-order valence-electron chi connectivity index (χ2n) is 5.47. The number of carbonyl (C=O) groups is 2. The molecule has 1 amide bonds. The fourth-order valence-corrected chi connectivity index (χ4v) is 2.97. The van der Waals surface area contributed by atoms with Gasteiger partial charge in [-0.1, -0.05) is 0 Å². The molecule has 21 heavy (non-hydrogen) atoms. The third-order valence-electron chi connectivity index (χ3n) is 4.10. The van der Waals surface area contributed by atoms with Crippen LogP contribution in [-0.4, -0.2) is 57.8 Å². The zero-order valence-electron chi connectivity index (χ0n) is 11.7. The van der Waals surface area contributed by atoms with Crippen molar-refractivity contribution in [1.29, 1.82) is 0 Å². The summed E-state index contributed by atoms with van der Waals surface area (Å²) in [6.45, 7) is 2.40. The minimum Gasteiger partial charge on any atom is -0.480 e. The molecule has 3 heterocycles. The van der Waals surface area contributed by atoms with Gasteiger partial charge in [-0.25, -0.2) is 4.79 Å². The van der Waals surface area contributed by atoms with Crippen molar-refractivity contribution in [2.75, 3.05) is 24.5 Å². The van der Waals surface area contributed by atoms with Crippen LogP contribution in [-0.2, 0) is 4.79 Å². The largest absolute Gasteiger partial charge is 0.480 e. The van der Waals surface area contributed by atoms with E-state index in [4.69, 9.17) is 5.11 Å². The van der Waals surface area contributed by atoms with Gasteiger partial charge in [0.1, 0.15) is 6.04 Å². The Morgan fingerprint density at radius 3 is 2.48 bits per heavy atom. The number of aromatic nitrogens is 2. The normalized spacial score (nSPS) is 21.8. The van der Waals surface area contributed by atoms with Crippen molar-refractivity contribution >= 4 is 17.7 Å². The maximum atomic E-state index is 12.3. The predicted octanol–water partition coefficient (Wildman–Crippen LogP) is 0.766. The molecule has 7 nitrogen and oxygen atoms in total. The Bertz CT molecular complexity index is 540. The van der Waals surface area contributed by atoms with Crippen LogP contribution in [0.25, 0.3) is 0 Å². The lowest BCUT2D eigenvalue weighted by atomic mass is 10.2. The summed E-state index contributed by atoms with van der Waals surface area (Å²) in [5.74, 6) is -0.525. The van der Waals surface area contributed by atoms with Gasteiger partial charge in [-0.3, -0.25) is 4.79 Å². The first-order chi connectivity index (χ1) is 10.2. The Morgan fingerprint density at radius 2 is 1.86 bits per heavy atom. The van der Waals surface area contributed by atoms with E-state index in [0.29, 0.717) is 19.4 Å². The summed E-state index contributed by atoms with van der Waals surface area (Å²) < 4.78 is 0. The molecule has 0 unspecified atom stereocenters. The van der Waals surface area contributed by atoms with Crippen molar-refractivity contribution in [3.05, 3.63) is 17.8 Å². The average molecular weight is 290 g/mol. The highest BCUT2D eigenvalue weighted by Crippen LogP contribution is 2.21. The highest BCUT2D eigenvalue weighted by atomic mass is 16.4. The molecule has 7 heteroatoms. The number of nitrogens with zero attached hydrogens (tertiary/aromatic N) is 4. The van der Waals surface area contributed by atoms with Crippen LogP contribution in [0.5, 0.6) is 0 Å². The number of rotatable bonds is 3. The number of carboxylic acid groups (broad SMARTS) is 1. The molecule has 2 aliphatic heterocycles. The van der Waals surface area contributed by atoms with Crippen LogP contribution in [0.4, 0.5) is 5.82 Å². The standard InChI is InChI=1S/C14H18N4O3/c19-13(18-9-3-4-11(18)14(20)21)10-5-6-12(16-15-10)17-7-1-2-8-17/h5-6,11H,1-4,7-9H2,(H,20,21)/t11-/m0/s1. The molecule has 112 valence electrons. The van der Waals surface area contributed by atoms with Gasteiger partial charge in [-0.15, -0.1) is 10.2 Å². The topological polar surface area (TPSA) is 86.6 Å². The molecule has 3 rings (SSSR count). The lowest BCUT2D eigenvalue weighted by molar-refractivity contribution is -0.141. The zero-order valence-corrected chi connectivity index (χ0v) is 11.7. The van der Waals surface area contributed by atoms with Gasteiger partial charge < -0.3 is 14.9 Å². The van der Waals surface area contributed by atoms with Crippen LogP contribution >= 0.6 is 0 Å². The van der Waals surface area contributed by atoms with E-state index in [9.17, 15) is 9.59 Å². The monoisotopic (exact) mass is 290 g/mol. The van der Waals surface area contributed by atoms with Crippen LogP contribution in [0.2, 0.25) is 0 Å². The molecule has 0 bridgehead atoms. The van der Waals surface area contributed by atoms with Crippen LogP contribution in [0.1, 0.15) is 36.2 Å². The summed E-state index contributed by atoms with van der Waals surface area (Å²) in [5, 5.41) is 17.2. The van der Waals surface area contributed by atoms with Gasteiger partial charge in [0.2, 0.25) is 0 Å². The van der Waals surface area contributed by atoms with Gasteiger partial charge in [-0.05, 0) is 37.8 Å². The number of hydrogen-bond acceptors (Lipinski definition) is 5. The lowest BCUT2D eigenvalue weighted by Crippen LogP contribution is -2.40. The van der Waals surface area contributed by atoms with Gasteiger partial charge >= 0.3 is 5.97 Å². The number of anilines is 1. The summed E-state index contributed by atoms with van der Waals surface area (Å²) in [6, 6.07) is 2.69.